The van der Waals surface area contributed by atoms with E-state index in [1.807, 2.05) is 0 Å². The van der Waals surface area contributed by atoms with Gasteiger partial charge in [-0.3, -0.25) is 28.8 Å². The molecule has 0 spiro atoms. The molecule has 1 heterocycles. The first-order chi connectivity index (χ1) is 31.2. The largest absolute Gasteiger partial charge is 0.507 e. The molecule has 0 saturated carbocycles. The Labute approximate surface area is 375 Å². The minimum absolute atomic E-state index is 0.0475. The highest BCUT2D eigenvalue weighted by Gasteiger charge is 2.52. The Morgan fingerprint density at radius 2 is 1.05 bits per heavy atom. The number of aromatic hydroxyl groups is 4. The van der Waals surface area contributed by atoms with Gasteiger partial charge in [-0.05, 0) is 32.9 Å². The summed E-state index contributed by atoms with van der Waals surface area (Å²) in [6.07, 6.45) is -8.57. The molecule has 344 valence electrons. The van der Waals surface area contributed by atoms with E-state index in [-0.39, 0.29) is 62.4 Å². The summed E-state index contributed by atoms with van der Waals surface area (Å²) in [4.78, 5) is 82.0. The fraction of sp³-hybridized carbons (Fsp3) is 0.375. The first-order valence-electron chi connectivity index (χ1n) is 21.1. The van der Waals surface area contributed by atoms with Gasteiger partial charge >= 0.3 is 0 Å². The van der Waals surface area contributed by atoms with E-state index in [1.54, 1.807) is 6.92 Å². The highest BCUT2D eigenvalue weighted by atomic mass is 16.7. The normalized spacial score (nSPS) is 27.5. The standard InChI is InChI=1S/C48H45NO17/c1-17-46(66-28-16-48(61,19(3)51)14-23-33(28)45(59)37-35(41(23)55)39(53)21-9-7-11-26(63-5)31(21)43(37)57)24(49)12-29(64-17)65-27-15-47(60,18(2)50)13-22-32(27)44(58)36-34(40(22)54)38(52)20-8-6-10-25(62-4)30(20)42(36)56/h6-11,17,24,27-29,46,54-55,58-61H,12-16,49H2,1-5H3/t17-,24+,27+,28+,29-,46+,47-,48-/m1/s1. The lowest BCUT2D eigenvalue weighted by Gasteiger charge is -2.45. The van der Waals surface area contributed by atoms with E-state index in [0.717, 1.165) is 13.8 Å². The van der Waals surface area contributed by atoms with E-state index in [2.05, 4.69) is 0 Å². The number of ketones is 6. The summed E-state index contributed by atoms with van der Waals surface area (Å²) in [5, 5.41) is 70.7. The number of hydrogen-bond acceptors (Lipinski definition) is 18. The van der Waals surface area contributed by atoms with Crippen LogP contribution in [0, 0.1) is 0 Å². The van der Waals surface area contributed by atoms with Gasteiger partial charge < -0.3 is 60.1 Å². The van der Waals surface area contributed by atoms with Gasteiger partial charge in [0.05, 0.1) is 72.0 Å². The second kappa shape index (κ2) is 15.5. The number of aliphatic hydroxyl groups is 2. The van der Waals surface area contributed by atoms with E-state index < -0.39 is 154 Å². The molecule has 5 aliphatic rings. The van der Waals surface area contributed by atoms with Gasteiger partial charge in [0.2, 0.25) is 11.6 Å². The van der Waals surface area contributed by atoms with E-state index >= 15 is 0 Å². The molecule has 1 aliphatic heterocycles. The number of nitrogens with two attached hydrogens (primary N) is 1. The highest BCUT2D eigenvalue weighted by molar-refractivity contribution is 6.32. The van der Waals surface area contributed by atoms with Crippen molar-refractivity contribution in [3.05, 3.63) is 103 Å². The molecule has 8 atom stereocenters. The summed E-state index contributed by atoms with van der Waals surface area (Å²) in [5.74, 6) is -7.51. The lowest BCUT2D eigenvalue weighted by atomic mass is 9.72. The van der Waals surface area contributed by atoms with Crippen LogP contribution in [0.25, 0.3) is 0 Å². The molecule has 9 rings (SSSR count). The van der Waals surface area contributed by atoms with E-state index in [4.69, 9.17) is 29.4 Å². The number of hydrogen-bond donors (Lipinski definition) is 7. The van der Waals surface area contributed by atoms with Crippen LogP contribution in [0.1, 0.15) is 138 Å². The number of ether oxygens (including phenoxy) is 5. The monoisotopic (exact) mass is 907 g/mol. The number of Topliss-reactive ketones (excluding diaryl/α,β-unsaturated/α-hetero) is 2. The van der Waals surface area contributed by atoms with Crippen molar-refractivity contribution >= 4 is 34.7 Å². The average Bonchev–Trinajstić information content (AvgIpc) is 3.27. The van der Waals surface area contributed by atoms with Crippen molar-refractivity contribution in [2.24, 2.45) is 5.73 Å². The third kappa shape index (κ3) is 6.38. The predicted molar refractivity (Wildman–Crippen MR) is 226 cm³/mol. The summed E-state index contributed by atoms with van der Waals surface area (Å²) in [6.45, 7) is 3.80. The van der Waals surface area contributed by atoms with E-state index in [0.29, 0.717) is 0 Å². The summed E-state index contributed by atoms with van der Waals surface area (Å²) in [6, 6.07) is 7.60. The molecular formula is C48H45NO17. The Morgan fingerprint density at radius 3 is 1.44 bits per heavy atom. The summed E-state index contributed by atoms with van der Waals surface area (Å²) < 4.78 is 29.8. The molecule has 18 heteroatoms. The molecule has 1 fully saturated rings. The van der Waals surface area contributed by atoms with Gasteiger partial charge in [0, 0.05) is 71.5 Å². The van der Waals surface area contributed by atoms with Crippen LogP contribution in [0.2, 0.25) is 0 Å². The molecule has 1 saturated heterocycles. The molecule has 0 amide bonds. The Kier molecular flexibility index (Phi) is 10.5. The van der Waals surface area contributed by atoms with Crippen LogP contribution in [0.15, 0.2) is 36.4 Å². The smallest absolute Gasteiger partial charge is 0.202 e. The number of fused-ring (bicyclic) bond motifs is 6. The summed E-state index contributed by atoms with van der Waals surface area (Å²) in [7, 11) is 2.60. The van der Waals surface area contributed by atoms with Crippen LogP contribution in [0.3, 0.4) is 0 Å². The molecule has 8 N–H and O–H groups in total. The molecular weight excluding hydrogens is 863 g/mol. The molecule has 0 bridgehead atoms. The molecule has 0 aromatic heterocycles. The topological polar surface area (TPSA) is 296 Å². The van der Waals surface area contributed by atoms with Gasteiger partial charge in [-0.1, -0.05) is 24.3 Å². The maximum atomic E-state index is 14.1. The maximum absolute atomic E-state index is 14.1. The Bertz CT molecular complexity index is 2870. The second-order valence-electron chi connectivity index (χ2n) is 17.6. The van der Waals surface area contributed by atoms with Crippen molar-refractivity contribution in [2.75, 3.05) is 14.2 Å². The first kappa shape index (κ1) is 44.7. The van der Waals surface area contributed by atoms with Gasteiger partial charge in [-0.25, -0.2) is 0 Å². The summed E-state index contributed by atoms with van der Waals surface area (Å²) >= 11 is 0. The minimum atomic E-state index is -2.18. The quantitative estimate of drug-likeness (QED) is 0.108. The van der Waals surface area contributed by atoms with Crippen LogP contribution in [-0.2, 0) is 36.6 Å². The molecule has 4 aromatic carbocycles. The van der Waals surface area contributed by atoms with Gasteiger partial charge in [0.15, 0.2) is 29.4 Å². The molecule has 4 aliphatic carbocycles. The Morgan fingerprint density at radius 1 is 0.636 bits per heavy atom. The molecule has 0 unspecified atom stereocenters. The number of rotatable bonds is 8. The fourth-order valence-corrected chi connectivity index (χ4v) is 10.4. The fourth-order valence-electron chi connectivity index (χ4n) is 10.4. The first-order valence-corrected chi connectivity index (χ1v) is 21.1. The van der Waals surface area contributed by atoms with Crippen LogP contribution < -0.4 is 15.2 Å². The zero-order chi connectivity index (χ0) is 47.6. The van der Waals surface area contributed by atoms with Crippen molar-refractivity contribution in [1.82, 2.24) is 0 Å². The second-order valence-corrected chi connectivity index (χ2v) is 17.6. The zero-order valence-corrected chi connectivity index (χ0v) is 36.2. The van der Waals surface area contributed by atoms with Gasteiger partial charge in [0.25, 0.3) is 0 Å². The SMILES string of the molecule is COc1cccc2c1C(=O)c1c(O)c3c(c(O)c1C2=O)C[C@](O)(C(C)=O)C[C@@H]3O[C@@H]1C[C@H](N)[C@@H](O[C@H]2C[C@@](O)(C(C)=O)Cc3c(O)c4c(c(O)c32)C(=O)c2c(OC)cccc2C4=O)[C@@H](C)O1. The van der Waals surface area contributed by atoms with Crippen LogP contribution in [0.4, 0.5) is 0 Å². The number of benzene rings is 4. The number of phenols is 4. The maximum Gasteiger partial charge on any atom is 0.202 e. The average molecular weight is 908 g/mol. The minimum Gasteiger partial charge on any atom is -0.507 e. The van der Waals surface area contributed by atoms with Crippen LogP contribution in [-0.4, -0.2) is 115 Å². The number of phenolic OH excluding ortho intramolecular Hbond substituents is 4. The summed E-state index contributed by atoms with van der Waals surface area (Å²) in [5.41, 5.74) is -0.895. The lowest BCUT2D eigenvalue weighted by Crippen LogP contribution is -2.55. The number of carbonyl (C=O) groups is 6. The lowest BCUT2D eigenvalue weighted by molar-refractivity contribution is -0.260. The van der Waals surface area contributed by atoms with Crippen molar-refractivity contribution in [3.63, 3.8) is 0 Å². The highest BCUT2D eigenvalue weighted by Crippen LogP contribution is 2.55. The predicted octanol–water partition coefficient (Wildman–Crippen LogP) is 3.26. The van der Waals surface area contributed by atoms with Crippen molar-refractivity contribution < 1.29 is 83.1 Å². The Hall–Kier alpha value is -6.54. The third-order valence-electron chi connectivity index (χ3n) is 13.8. The van der Waals surface area contributed by atoms with Crippen LogP contribution in [0.5, 0.6) is 34.5 Å². The van der Waals surface area contributed by atoms with Gasteiger partial charge in [-0.2, -0.15) is 0 Å². The van der Waals surface area contributed by atoms with E-state index in [9.17, 15) is 59.4 Å². The van der Waals surface area contributed by atoms with Crippen molar-refractivity contribution in [2.45, 2.75) is 101 Å². The molecule has 0 radical (unpaired) electrons. The molecule has 18 nitrogen and oxygen atoms in total. The van der Waals surface area contributed by atoms with Crippen molar-refractivity contribution in [3.8, 4) is 34.5 Å². The molecule has 66 heavy (non-hydrogen) atoms. The van der Waals surface area contributed by atoms with E-state index in [1.165, 1.54) is 50.6 Å². The zero-order valence-electron chi connectivity index (χ0n) is 36.2. The van der Waals surface area contributed by atoms with Gasteiger partial charge in [-0.15, -0.1) is 0 Å². The Balaban J connectivity index is 1.05. The molecule has 4 aromatic rings. The third-order valence-corrected chi connectivity index (χ3v) is 13.8. The number of methoxy groups -OCH3 is 2. The van der Waals surface area contributed by atoms with Crippen LogP contribution >= 0.6 is 0 Å². The van der Waals surface area contributed by atoms with Crippen molar-refractivity contribution in [1.29, 1.82) is 0 Å². The van der Waals surface area contributed by atoms with Gasteiger partial charge in [0.1, 0.15) is 45.7 Å². The number of carbonyl (C=O) groups excluding carboxylic acids is 6.